The fraction of sp³-hybridized carbons (Fsp3) is 0.286. The molecule has 2 N–H and O–H groups in total. The molecule has 0 saturated heterocycles. The normalized spacial score (nSPS) is 13.6. The largest absolute Gasteiger partial charge is 0.365 e. The van der Waals surface area contributed by atoms with Gasteiger partial charge in [-0.15, -0.1) is 0 Å². The van der Waals surface area contributed by atoms with Gasteiger partial charge in [-0.3, -0.25) is 0 Å². The van der Waals surface area contributed by atoms with Gasteiger partial charge in [-0.2, -0.15) is 0 Å². The Hall–Kier alpha value is -1.73. The highest BCUT2D eigenvalue weighted by Crippen LogP contribution is 2.30. The molecule has 1 aliphatic rings. The molecular formula is C14H15N5S2. The third-order valence-electron chi connectivity index (χ3n) is 3.51. The minimum absolute atomic E-state index is 0.945. The lowest BCUT2D eigenvalue weighted by Gasteiger charge is -2.02. The van der Waals surface area contributed by atoms with Gasteiger partial charge in [0, 0.05) is 43.8 Å². The van der Waals surface area contributed by atoms with E-state index in [1.165, 1.54) is 16.9 Å². The number of thiazole rings is 1. The molecule has 0 aliphatic carbocycles. The third kappa shape index (κ3) is 2.47. The number of nitrogens with one attached hydrogen (secondary N) is 2. The molecule has 0 bridgehead atoms. The monoisotopic (exact) mass is 317 g/mol. The molecule has 0 radical (unpaired) electrons. The lowest BCUT2D eigenvalue weighted by atomic mass is 10.3. The molecule has 0 amide bonds. The second-order valence-corrected chi connectivity index (χ2v) is 6.81. The van der Waals surface area contributed by atoms with Crippen LogP contribution in [-0.4, -0.2) is 21.6 Å². The Morgan fingerprint density at radius 3 is 3.14 bits per heavy atom. The topological polar surface area (TPSA) is 54.8 Å². The highest BCUT2D eigenvalue weighted by molar-refractivity contribution is 8.00. The first-order chi connectivity index (χ1) is 10.3. The molecule has 0 fully saturated rings. The van der Waals surface area contributed by atoms with Crippen molar-refractivity contribution in [2.45, 2.75) is 24.4 Å². The van der Waals surface area contributed by atoms with Gasteiger partial charge in [0.05, 0.1) is 10.2 Å². The van der Waals surface area contributed by atoms with Gasteiger partial charge in [-0.25, -0.2) is 9.97 Å². The summed E-state index contributed by atoms with van der Waals surface area (Å²) in [4.78, 5) is 9.11. The van der Waals surface area contributed by atoms with Crippen LogP contribution in [0.5, 0.6) is 0 Å². The average Bonchev–Trinajstić information content (AvgIpc) is 3.17. The molecular weight excluding hydrogens is 302 g/mol. The highest BCUT2D eigenvalue weighted by atomic mass is 32.2. The Kier molecular flexibility index (Phi) is 3.23. The van der Waals surface area contributed by atoms with Crippen LogP contribution in [0, 0.1) is 0 Å². The summed E-state index contributed by atoms with van der Waals surface area (Å²) in [6, 6.07) is 6.23. The molecule has 3 aromatic rings. The summed E-state index contributed by atoms with van der Waals surface area (Å²) in [6.07, 6.45) is 4.45. The summed E-state index contributed by atoms with van der Waals surface area (Å²) in [5, 5.41) is 5.06. The predicted molar refractivity (Wildman–Crippen MR) is 89.2 cm³/mol. The van der Waals surface area contributed by atoms with Crippen LogP contribution in [0.3, 0.4) is 0 Å². The van der Waals surface area contributed by atoms with E-state index < -0.39 is 0 Å². The molecule has 21 heavy (non-hydrogen) atoms. The quantitative estimate of drug-likeness (QED) is 0.720. The van der Waals surface area contributed by atoms with Gasteiger partial charge in [-0.1, -0.05) is 11.3 Å². The fourth-order valence-corrected chi connectivity index (χ4v) is 4.02. The minimum atomic E-state index is 0.945. The van der Waals surface area contributed by atoms with E-state index in [2.05, 4.69) is 42.9 Å². The van der Waals surface area contributed by atoms with Gasteiger partial charge < -0.3 is 14.6 Å². The van der Waals surface area contributed by atoms with Crippen molar-refractivity contribution in [1.29, 1.82) is 0 Å². The number of anilines is 2. The summed E-state index contributed by atoms with van der Waals surface area (Å²) in [7, 11) is 1.89. The smallest absolute Gasteiger partial charge is 0.183 e. The van der Waals surface area contributed by atoms with Gasteiger partial charge in [0.1, 0.15) is 10.9 Å². The Morgan fingerprint density at radius 1 is 1.33 bits per heavy atom. The van der Waals surface area contributed by atoms with Crippen molar-refractivity contribution < 1.29 is 0 Å². The Balaban J connectivity index is 1.50. The molecule has 1 aromatic carbocycles. The lowest BCUT2D eigenvalue weighted by Crippen LogP contribution is -1.88. The fourth-order valence-electron chi connectivity index (χ4n) is 2.48. The van der Waals surface area contributed by atoms with Crippen molar-refractivity contribution in [3.05, 3.63) is 30.2 Å². The van der Waals surface area contributed by atoms with Crippen molar-refractivity contribution in [1.82, 2.24) is 14.5 Å². The van der Waals surface area contributed by atoms with E-state index in [9.17, 15) is 0 Å². The van der Waals surface area contributed by atoms with Crippen molar-refractivity contribution >= 4 is 44.3 Å². The zero-order valence-electron chi connectivity index (χ0n) is 11.6. The maximum absolute atomic E-state index is 4.63. The Labute approximate surface area is 130 Å². The number of nitrogens with zero attached hydrogens (tertiary/aromatic N) is 3. The molecule has 5 nitrogen and oxygen atoms in total. The van der Waals surface area contributed by atoms with Crippen LogP contribution in [-0.2, 0) is 13.0 Å². The van der Waals surface area contributed by atoms with E-state index in [0.717, 1.165) is 34.3 Å². The van der Waals surface area contributed by atoms with E-state index >= 15 is 0 Å². The molecule has 0 atom stereocenters. The first-order valence-corrected chi connectivity index (χ1v) is 8.52. The number of hydrogen-bond acceptors (Lipinski definition) is 6. The highest BCUT2D eigenvalue weighted by Gasteiger charge is 2.13. The molecule has 0 saturated carbocycles. The van der Waals surface area contributed by atoms with E-state index in [-0.39, 0.29) is 0 Å². The van der Waals surface area contributed by atoms with Crippen LogP contribution in [0.1, 0.15) is 12.2 Å². The molecule has 0 spiro atoms. The number of benzene rings is 1. The summed E-state index contributed by atoms with van der Waals surface area (Å²) in [5.41, 5.74) is 2.10. The van der Waals surface area contributed by atoms with E-state index in [1.807, 2.05) is 13.1 Å². The number of imidazole rings is 1. The van der Waals surface area contributed by atoms with Gasteiger partial charge in [0.2, 0.25) is 0 Å². The molecule has 4 rings (SSSR count). The predicted octanol–water partition coefficient (Wildman–Crippen LogP) is 3.60. The van der Waals surface area contributed by atoms with Crippen LogP contribution >= 0.6 is 23.3 Å². The van der Waals surface area contributed by atoms with Gasteiger partial charge in [0.25, 0.3) is 0 Å². The molecule has 7 heteroatoms. The number of aromatic nitrogens is 3. The third-order valence-corrected chi connectivity index (χ3v) is 5.29. The zero-order valence-corrected chi connectivity index (χ0v) is 13.2. The number of rotatable bonds is 4. The van der Waals surface area contributed by atoms with Gasteiger partial charge >= 0.3 is 0 Å². The summed E-state index contributed by atoms with van der Waals surface area (Å²) in [6.45, 7) is 1.10. The second kappa shape index (κ2) is 5.23. The van der Waals surface area contributed by atoms with Crippen LogP contribution in [0.15, 0.2) is 29.4 Å². The molecule has 0 unspecified atom stereocenters. The molecule has 3 heterocycles. The van der Waals surface area contributed by atoms with Crippen molar-refractivity contribution in [2.75, 3.05) is 17.1 Å². The second-order valence-electron chi connectivity index (χ2n) is 4.95. The number of aryl methyl sites for hydroxylation is 2. The van der Waals surface area contributed by atoms with Crippen LogP contribution < -0.4 is 10.0 Å². The Bertz CT molecular complexity index is 770. The summed E-state index contributed by atoms with van der Waals surface area (Å²) < 4.78 is 6.79. The lowest BCUT2D eigenvalue weighted by molar-refractivity contribution is 0.745. The minimum Gasteiger partial charge on any atom is -0.365 e. The van der Waals surface area contributed by atoms with E-state index in [4.69, 9.17) is 0 Å². The summed E-state index contributed by atoms with van der Waals surface area (Å²) >= 11 is 3.23. The van der Waals surface area contributed by atoms with Gasteiger partial charge in [-0.05, 0) is 24.6 Å². The van der Waals surface area contributed by atoms with Crippen LogP contribution in [0.25, 0.3) is 10.2 Å². The number of hydrogen-bond donors (Lipinski definition) is 2. The molecule has 1 aliphatic heterocycles. The first kappa shape index (κ1) is 13.0. The summed E-state index contributed by atoms with van der Waals surface area (Å²) in [5.74, 6) is 1.20. The van der Waals surface area contributed by atoms with Crippen LogP contribution in [0.2, 0.25) is 0 Å². The maximum Gasteiger partial charge on any atom is 0.183 e. The first-order valence-electron chi connectivity index (χ1n) is 6.89. The maximum atomic E-state index is 4.63. The van der Waals surface area contributed by atoms with E-state index in [1.54, 1.807) is 23.3 Å². The number of fused-ring (bicyclic) bond motifs is 2. The van der Waals surface area contributed by atoms with E-state index in [0.29, 0.717) is 0 Å². The van der Waals surface area contributed by atoms with Gasteiger partial charge in [0.15, 0.2) is 5.13 Å². The van der Waals surface area contributed by atoms with Crippen molar-refractivity contribution in [3.63, 3.8) is 0 Å². The molecule has 2 aromatic heterocycles. The van der Waals surface area contributed by atoms with Crippen molar-refractivity contribution in [3.8, 4) is 0 Å². The molecule has 108 valence electrons. The average molecular weight is 317 g/mol. The SMILES string of the molecule is CNc1nc2ccc(NSc3cn4c(n3)CCC4)cc2s1. The zero-order chi connectivity index (χ0) is 14.2. The van der Waals surface area contributed by atoms with Crippen molar-refractivity contribution in [2.24, 2.45) is 0 Å². The Morgan fingerprint density at radius 2 is 2.29 bits per heavy atom. The van der Waals surface area contributed by atoms with Crippen LogP contribution in [0.4, 0.5) is 10.8 Å². The standard InChI is InChI=1S/C14H15N5S2/c1-15-14-16-10-5-4-9(7-11(10)20-14)18-21-13-8-19-6-2-3-12(19)17-13/h4-5,7-8,18H,2-3,6H2,1H3,(H,15,16).